The third kappa shape index (κ3) is 2.87. The largest absolute Gasteiger partial charge is 0.491 e. The van der Waals surface area contributed by atoms with Crippen LogP contribution in [0.3, 0.4) is 0 Å². The molecule has 0 saturated carbocycles. The van der Waals surface area contributed by atoms with Crippen molar-refractivity contribution in [2.75, 3.05) is 18.5 Å². The van der Waals surface area contributed by atoms with Gasteiger partial charge in [0.05, 0.1) is 6.54 Å². The van der Waals surface area contributed by atoms with Crippen LogP contribution in [-0.4, -0.2) is 32.7 Å². The maximum atomic E-state index is 5.98. The van der Waals surface area contributed by atoms with E-state index in [1.165, 1.54) is 11.7 Å². The fraction of sp³-hybridized carbons (Fsp3) is 0.211. The first-order valence-electron chi connectivity index (χ1n) is 8.25. The number of aromatic nitrogens is 4. The van der Waals surface area contributed by atoms with Crippen LogP contribution in [0, 0.1) is 13.8 Å². The van der Waals surface area contributed by atoms with Gasteiger partial charge in [0.2, 0.25) is 0 Å². The number of ether oxygens (including phenoxy) is 1. The van der Waals surface area contributed by atoms with Crippen LogP contribution >= 0.6 is 0 Å². The van der Waals surface area contributed by atoms with Gasteiger partial charge < -0.3 is 10.1 Å². The standard InChI is InChI=1S/C19H19N5O/c1-13-14(2)23-19-21-12-22-24(19)18(13)20-10-11-25-17-9-5-7-15-6-3-4-8-16(15)17/h3-9,12,20H,10-11H2,1-2H3. The molecule has 2 aromatic carbocycles. The molecule has 0 aliphatic carbocycles. The Balaban J connectivity index is 1.48. The first-order valence-corrected chi connectivity index (χ1v) is 8.25. The number of hydrogen-bond acceptors (Lipinski definition) is 5. The van der Waals surface area contributed by atoms with E-state index in [0.29, 0.717) is 18.9 Å². The molecule has 0 spiro atoms. The van der Waals surface area contributed by atoms with E-state index in [1.807, 2.05) is 38.1 Å². The molecule has 1 N–H and O–H groups in total. The number of nitrogens with zero attached hydrogens (tertiary/aromatic N) is 4. The molecule has 6 heteroatoms. The lowest BCUT2D eigenvalue weighted by Gasteiger charge is -2.13. The van der Waals surface area contributed by atoms with Crippen molar-refractivity contribution in [1.29, 1.82) is 0 Å². The third-order valence-electron chi connectivity index (χ3n) is 4.31. The van der Waals surface area contributed by atoms with Crippen molar-refractivity contribution in [2.24, 2.45) is 0 Å². The fourth-order valence-corrected chi connectivity index (χ4v) is 2.89. The molecule has 2 aromatic heterocycles. The van der Waals surface area contributed by atoms with Crippen molar-refractivity contribution < 1.29 is 4.74 Å². The number of rotatable bonds is 5. The maximum absolute atomic E-state index is 5.98. The van der Waals surface area contributed by atoms with Gasteiger partial charge in [-0.1, -0.05) is 36.4 Å². The Morgan fingerprint density at radius 2 is 1.92 bits per heavy atom. The predicted molar refractivity (Wildman–Crippen MR) is 98.2 cm³/mol. The second-order valence-corrected chi connectivity index (χ2v) is 5.90. The number of nitrogens with one attached hydrogen (secondary N) is 1. The molecule has 2 heterocycles. The summed E-state index contributed by atoms with van der Waals surface area (Å²) in [6.07, 6.45) is 1.51. The van der Waals surface area contributed by atoms with E-state index in [0.717, 1.165) is 28.2 Å². The van der Waals surface area contributed by atoms with Crippen LogP contribution in [0.4, 0.5) is 5.82 Å². The summed E-state index contributed by atoms with van der Waals surface area (Å²) in [5.41, 5.74) is 2.00. The monoisotopic (exact) mass is 333 g/mol. The molecule has 126 valence electrons. The van der Waals surface area contributed by atoms with Crippen LogP contribution in [0.15, 0.2) is 48.8 Å². The second kappa shape index (κ2) is 6.39. The van der Waals surface area contributed by atoms with Gasteiger partial charge in [-0.15, -0.1) is 0 Å². The summed E-state index contributed by atoms with van der Waals surface area (Å²) in [6, 6.07) is 14.3. The van der Waals surface area contributed by atoms with E-state index in [4.69, 9.17) is 4.74 Å². The van der Waals surface area contributed by atoms with Crippen LogP contribution in [-0.2, 0) is 0 Å². The zero-order valence-corrected chi connectivity index (χ0v) is 14.2. The minimum atomic E-state index is 0.547. The van der Waals surface area contributed by atoms with E-state index in [1.54, 1.807) is 4.52 Å². The summed E-state index contributed by atoms with van der Waals surface area (Å²) in [6.45, 7) is 5.20. The molecule has 0 bridgehead atoms. The van der Waals surface area contributed by atoms with E-state index in [2.05, 4.69) is 38.6 Å². The zero-order valence-electron chi connectivity index (χ0n) is 14.2. The summed E-state index contributed by atoms with van der Waals surface area (Å²) >= 11 is 0. The van der Waals surface area contributed by atoms with E-state index < -0.39 is 0 Å². The molecule has 6 nitrogen and oxygen atoms in total. The zero-order chi connectivity index (χ0) is 17.2. The second-order valence-electron chi connectivity index (χ2n) is 5.90. The molecule has 0 aliphatic rings. The number of hydrogen-bond donors (Lipinski definition) is 1. The molecule has 0 fully saturated rings. The summed E-state index contributed by atoms with van der Waals surface area (Å²) < 4.78 is 7.70. The molecule has 0 aliphatic heterocycles. The van der Waals surface area contributed by atoms with Crippen LogP contribution in [0.1, 0.15) is 11.3 Å². The molecule has 0 saturated heterocycles. The average molecular weight is 333 g/mol. The Labute approximate surface area is 145 Å². The average Bonchev–Trinajstić information content (AvgIpc) is 3.09. The number of anilines is 1. The highest BCUT2D eigenvalue weighted by Crippen LogP contribution is 2.25. The van der Waals surface area contributed by atoms with Gasteiger partial charge in [0, 0.05) is 16.6 Å². The minimum Gasteiger partial charge on any atom is -0.491 e. The van der Waals surface area contributed by atoms with Gasteiger partial charge in [0.15, 0.2) is 0 Å². The molecule has 0 radical (unpaired) electrons. The maximum Gasteiger partial charge on any atom is 0.254 e. The first-order chi connectivity index (χ1) is 12.2. The highest BCUT2D eigenvalue weighted by atomic mass is 16.5. The van der Waals surface area contributed by atoms with E-state index in [-0.39, 0.29) is 0 Å². The van der Waals surface area contributed by atoms with Gasteiger partial charge >= 0.3 is 0 Å². The van der Waals surface area contributed by atoms with Crippen molar-refractivity contribution in [3.63, 3.8) is 0 Å². The summed E-state index contributed by atoms with van der Waals surface area (Å²) in [7, 11) is 0. The van der Waals surface area contributed by atoms with Crippen molar-refractivity contribution in [1.82, 2.24) is 19.6 Å². The van der Waals surface area contributed by atoms with Gasteiger partial charge in [0.25, 0.3) is 5.78 Å². The Kier molecular flexibility index (Phi) is 3.93. The molecule has 4 aromatic rings. The summed E-state index contributed by atoms with van der Waals surface area (Å²) in [4.78, 5) is 8.58. The van der Waals surface area contributed by atoms with Crippen molar-refractivity contribution in [3.8, 4) is 5.75 Å². The van der Waals surface area contributed by atoms with Gasteiger partial charge in [-0.2, -0.15) is 14.6 Å². The fourth-order valence-electron chi connectivity index (χ4n) is 2.89. The van der Waals surface area contributed by atoms with Crippen LogP contribution in [0.25, 0.3) is 16.6 Å². The molecular weight excluding hydrogens is 314 g/mol. The topological polar surface area (TPSA) is 64.3 Å². The van der Waals surface area contributed by atoms with Crippen molar-refractivity contribution in [2.45, 2.75) is 13.8 Å². The van der Waals surface area contributed by atoms with Crippen molar-refractivity contribution in [3.05, 3.63) is 60.0 Å². The normalized spacial score (nSPS) is 11.1. The number of aryl methyl sites for hydroxylation is 1. The summed E-state index contributed by atoms with van der Waals surface area (Å²) in [5, 5.41) is 9.94. The Morgan fingerprint density at radius 1 is 1.08 bits per heavy atom. The first kappa shape index (κ1) is 15.4. The lowest BCUT2D eigenvalue weighted by Crippen LogP contribution is -2.16. The van der Waals surface area contributed by atoms with Crippen molar-refractivity contribution >= 4 is 22.4 Å². The van der Waals surface area contributed by atoms with Gasteiger partial charge in [-0.25, -0.2) is 4.98 Å². The Bertz CT molecular complexity index is 1040. The van der Waals surface area contributed by atoms with Gasteiger partial charge in [-0.05, 0) is 25.3 Å². The quantitative estimate of drug-likeness (QED) is 0.567. The summed E-state index contributed by atoms with van der Waals surface area (Å²) in [5.74, 6) is 2.40. The lowest BCUT2D eigenvalue weighted by atomic mass is 10.1. The number of fused-ring (bicyclic) bond motifs is 2. The number of benzene rings is 2. The molecule has 25 heavy (non-hydrogen) atoms. The minimum absolute atomic E-state index is 0.547. The van der Waals surface area contributed by atoms with Gasteiger partial charge in [-0.3, -0.25) is 0 Å². The van der Waals surface area contributed by atoms with E-state index >= 15 is 0 Å². The van der Waals surface area contributed by atoms with Crippen LogP contribution in [0.2, 0.25) is 0 Å². The lowest BCUT2D eigenvalue weighted by molar-refractivity contribution is 0.336. The Morgan fingerprint density at radius 3 is 2.84 bits per heavy atom. The Hall–Kier alpha value is -3.15. The van der Waals surface area contributed by atoms with Crippen LogP contribution < -0.4 is 10.1 Å². The molecular formula is C19H19N5O. The predicted octanol–water partition coefficient (Wildman–Crippen LogP) is 3.39. The molecule has 4 rings (SSSR count). The third-order valence-corrected chi connectivity index (χ3v) is 4.31. The molecule has 0 atom stereocenters. The van der Waals surface area contributed by atoms with E-state index in [9.17, 15) is 0 Å². The van der Waals surface area contributed by atoms with Crippen LogP contribution in [0.5, 0.6) is 5.75 Å². The molecule has 0 unspecified atom stereocenters. The molecule has 0 amide bonds. The van der Waals surface area contributed by atoms with Gasteiger partial charge in [0.1, 0.15) is 24.5 Å². The smallest absolute Gasteiger partial charge is 0.254 e. The SMILES string of the molecule is Cc1nc2ncnn2c(NCCOc2cccc3ccccc23)c1C. The highest BCUT2D eigenvalue weighted by molar-refractivity contribution is 5.88. The highest BCUT2D eigenvalue weighted by Gasteiger charge is 2.10.